The van der Waals surface area contributed by atoms with E-state index in [0.29, 0.717) is 0 Å². The normalized spacial score (nSPS) is 12.6. The van der Waals surface area contributed by atoms with Gasteiger partial charge in [0.2, 0.25) is 0 Å². The second-order valence-electron chi connectivity index (χ2n) is 2.46. The van der Waals surface area contributed by atoms with E-state index < -0.39 is 17.8 Å². The molecule has 0 aromatic heterocycles. The maximum absolute atomic E-state index is 12.8. The Morgan fingerprint density at radius 2 is 2.00 bits per heavy atom. The lowest BCUT2D eigenvalue weighted by molar-refractivity contribution is 0.0888. The molecule has 1 atom stereocenters. The highest BCUT2D eigenvalue weighted by Crippen LogP contribution is 2.10. The van der Waals surface area contributed by atoms with Crippen LogP contribution in [0.1, 0.15) is 17.3 Å². The summed E-state index contributed by atoms with van der Waals surface area (Å²) in [6.07, 6.45) is -1.65. The van der Waals surface area contributed by atoms with E-state index in [2.05, 4.69) is 0 Å². The van der Waals surface area contributed by atoms with Crippen LogP contribution in [0.3, 0.4) is 0 Å². The van der Waals surface area contributed by atoms with Crippen molar-refractivity contribution in [2.24, 2.45) is 0 Å². The van der Waals surface area contributed by atoms with E-state index in [4.69, 9.17) is 0 Å². The standard InChI is InChI=1S/C9H8F2O/c1-6(10)9(12)7-4-2-3-5-8(7)11/h2-6H,1H3. The molecule has 0 saturated carbocycles. The molecule has 1 aromatic rings. The summed E-state index contributed by atoms with van der Waals surface area (Å²) in [7, 11) is 0. The smallest absolute Gasteiger partial charge is 0.199 e. The zero-order valence-corrected chi connectivity index (χ0v) is 6.55. The molecule has 0 aliphatic heterocycles. The summed E-state index contributed by atoms with van der Waals surface area (Å²) < 4.78 is 25.3. The Kier molecular flexibility index (Phi) is 2.53. The number of hydrogen-bond donors (Lipinski definition) is 0. The summed E-state index contributed by atoms with van der Waals surface area (Å²) >= 11 is 0. The third kappa shape index (κ3) is 1.67. The summed E-state index contributed by atoms with van der Waals surface area (Å²) in [5, 5.41) is 0. The Balaban J connectivity index is 3.03. The molecule has 0 heterocycles. The van der Waals surface area contributed by atoms with Crippen molar-refractivity contribution in [3.05, 3.63) is 35.6 Å². The second kappa shape index (κ2) is 3.43. The molecule has 1 nitrogen and oxygen atoms in total. The van der Waals surface area contributed by atoms with Crippen molar-refractivity contribution in [2.75, 3.05) is 0 Å². The Morgan fingerprint density at radius 3 is 2.50 bits per heavy atom. The Hall–Kier alpha value is -1.25. The van der Waals surface area contributed by atoms with Crippen LogP contribution in [0.2, 0.25) is 0 Å². The van der Waals surface area contributed by atoms with Crippen LogP contribution in [0.4, 0.5) is 8.78 Å². The predicted octanol–water partition coefficient (Wildman–Crippen LogP) is 2.37. The molecule has 0 bridgehead atoms. The van der Waals surface area contributed by atoms with Gasteiger partial charge in [-0.1, -0.05) is 12.1 Å². The van der Waals surface area contributed by atoms with Gasteiger partial charge in [-0.25, -0.2) is 8.78 Å². The first-order chi connectivity index (χ1) is 5.63. The van der Waals surface area contributed by atoms with E-state index >= 15 is 0 Å². The maximum Gasteiger partial charge on any atom is 0.199 e. The second-order valence-corrected chi connectivity index (χ2v) is 2.46. The van der Waals surface area contributed by atoms with Crippen molar-refractivity contribution in [2.45, 2.75) is 13.1 Å². The highest BCUT2D eigenvalue weighted by Gasteiger charge is 2.16. The van der Waals surface area contributed by atoms with Crippen LogP contribution in [-0.2, 0) is 0 Å². The van der Waals surface area contributed by atoms with Gasteiger partial charge in [-0.05, 0) is 19.1 Å². The molecular formula is C9H8F2O. The first-order valence-corrected chi connectivity index (χ1v) is 3.55. The molecule has 0 saturated heterocycles. The molecule has 1 aromatic carbocycles. The van der Waals surface area contributed by atoms with Crippen LogP contribution in [0, 0.1) is 5.82 Å². The van der Waals surface area contributed by atoms with Gasteiger partial charge < -0.3 is 0 Å². The monoisotopic (exact) mass is 170 g/mol. The highest BCUT2D eigenvalue weighted by atomic mass is 19.1. The molecule has 1 rings (SSSR count). The largest absolute Gasteiger partial charge is 0.291 e. The predicted molar refractivity (Wildman–Crippen MR) is 41.3 cm³/mol. The van der Waals surface area contributed by atoms with Gasteiger partial charge >= 0.3 is 0 Å². The van der Waals surface area contributed by atoms with E-state index in [1.807, 2.05) is 0 Å². The molecule has 0 amide bonds. The summed E-state index contributed by atoms with van der Waals surface area (Å²) in [5.74, 6) is -1.49. The van der Waals surface area contributed by atoms with Gasteiger partial charge in [0.25, 0.3) is 0 Å². The van der Waals surface area contributed by atoms with Gasteiger partial charge in [-0.15, -0.1) is 0 Å². The van der Waals surface area contributed by atoms with Gasteiger partial charge in [0, 0.05) is 0 Å². The number of carbonyl (C=O) groups is 1. The van der Waals surface area contributed by atoms with Crippen LogP contribution in [-0.4, -0.2) is 12.0 Å². The van der Waals surface area contributed by atoms with E-state index in [-0.39, 0.29) is 5.56 Å². The molecule has 0 fully saturated rings. The number of hydrogen-bond acceptors (Lipinski definition) is 1. The first-order valence-electron chi connectivity index (χ1n) is 3.55. The fraction of sp³-hybridized carbons (Fsp3) is 0.222. The lowest BCUT2D eigenvalue weighted by atomic mass is 10.1. The molecule has 3 heteroatoms. The lowest BCUT2D eigenvalue weighted by Crippen LogP contribution is -2.13. The lowest BCUT2D eigenvalue weighted by Gasteiger charge is -2.01. The third-order valence-electron chi connectivity index (χ3n) is 1.50. The van der Waals surface area contributed by atoms with Crippen molar-refractivity contribution >= 4 is 5.78 Å². The van der Waals surface area contributed by atoms with Crippen LogP contribution in [0.15, 0.2) is 24.3 Å². The zero-order chi connectivity index (χ0) is 9.14. The van der Waals surface area contributed by atoms with Crippen LogP contribution in [0.5, 0.6) is 0 Å². The van der Waals surface area contributed by atoms with E-state index in [9.17, 15) is 13.6 Å². The van der Waals surface area contributed by atoms with Crippen molar-refractivity contribution in [3.8, 4) is 0 Å². The minimum atomic E-state index is -1.65. The van der Waals surface area contributed by atoms with Crippen molar-refractivity contribution in [3.63, 3.8) is 0 Å². The average molecular weight is 170 g/mol. The number of benzene rings is 1. The summed E-state index contributed by atoms with van der Waals surface area (Å²) in [5.41, 5.74) is -0.187. The van der Waals surface area contributed by atoms with Crippen molar-refractivity contribution in [1.82, 2.24) is 0 Å². The first kappa shape index (κ1) is 8.84. The zero-order valence-electron chi connectivity index (χ0n) is 6.55. The molecule has 0 spiro atoms. The van der Waals surface area contributed by atoms with Gasteiger partial charge in [0.15, 0.2) is 12.0 Å². The quantitative estimate of drug-likeness (QED) is 0.623. The highest BCUT2D eigenvalue weighted by molar-refractivity contribution is 5.99. The van der Waals surface area contributed by atoms with Gasteiger partial charge in [-0.2, -0.15) is 0 Å². The van der Waals surface area contributed by atoms with Gasteiger partial charge in [0.05, 0.1) is 5.56 Å². The van der Waals surface area contributed by atoms with E-state index in [0.717, 1.165) is 13.0 Å². The minimum absolute atomic E-state index is 0.187. The number of halogens is 2. The Morgan fingerprint density at radius 1 is 1.42 bits per heavy atom. The van der Waals surface area contributed by atoms with Crippen LogP contribution >= 0.6 is 0 Å². The molecule has 0 N–H and O–H groups in total. The Bertz CT molecular complexity index is 294. The van der Waals surface area contributed by atoms with Crippen molar-refractivity contribution in [1.29, 1.82) is 0 Å². The van der Waals surface area contributed by atoms with Gasteiger partial charge in [0.1, 0.15) is 5.82 Å². The summed E-state index contributed by atoms with van der Waals surface area (Å²) in [6, 6.07) is 5.36. The molecule has 0 aliphatic carbocycles. The summed E-state index contributed by atoms with van der Waals surface area (Å²) in [4.78, 5) is 11.0. The summed E-state index contributed by atoms with van der Waals surface area (Å²) in [6.45, 7) is 1.09. The number of rotatable bonds is 2. The fourth-order valence-corrected chi connectivity index (χ4v) is 0.875. The molecule has 0 aliphatic rings. The molecule has 0 radical (unpaired) electrons. The fourth-order valence-electron chi connectivity index (χ4n) is 0.875. The van der Waals surface area contributed by atoms with E-state index in [1.54, 1.807) is 0 Å². The number of carbonyl (C=O) groups excluding carboxylic acids is 1. The molecule has 64 valence electrons. The average Bonchev–Trinajstić information content (AvgIpc) is 2.04. The molecule has 12 heavy (non-hydrogen) atoms. The minimum Gasteiger partial charge on any atom is -0.291 e. The van der Waals surface area contributed by atoms with Gasteiger partial charge in [-0.3, -0.25) is 4.79 Å². The third-order valence-corrected chi connectivity index (χ3v) is 1.50. The molecule has 1 unspecified atom stereocenters. The number of alkyl halides is 1. The van der Waals surface area contributed by atoms with Crippen molar-refractivity contribution < 1.29 is 13.6 Å². The van der Waals surface area contributed by atoms with Crippen LogP contribution in [0.25, 0.3) is 0 Å². The number of ketones is 1. The SMILES string of the molecule is CC(F)C(=O)c1ccccc1F. The molecular weight excluding hydrogens is 162 g/mol. The topological polar surface area (TPSA) is 17.1 Å². The van der Waals surface area contributed by atoms with E-state index in [1.165, 1.54) is 18.2 Å². The number of Topliss-reactive ketones (excluding diaryl/α,β-unsaturated/α-hetero) is 1. The van der Waals surface area contributed by atoms with Crippen LogP contribution < -0.4 is 0 Å². The maximum atomic E-state index is 12.8. The Labute approximate surface area is 69.0 Å².